The summed E-state index contributed by atoms with van der Waals surface area (Å²) in [5, 5.41) is 18.6. The minimum atomic E-state index is -1.78. The van der Waals surface area contributed by atoms with Crippen molar-refractivity contribution in [3.05, 3.63) is 41.0 Å². The van der Waals surface area contributed by atoms with Crippen molar-refractivity contribution in [2.45, 2.75) is 18.6 Å². The first-order valence-electron chi connectivity index (χ1n) is 6.46. The highest BCUT2D eigenvalue weighted by molar-refractivity contribution is 5.92. The summed E-state index contributed by atoms with van der Waals surface area (Å²) in [6.45, 7) is 1.53. The van der Waals surface area contributed by atoms with E-state index in [4.69, 9.17) is 14.2 Å². The average Bonchev–Trinajstić information content (AvgIpc) is 2.87. The van der Waals surface area contributed by atoms with Crippen LogP contribution in [-0.4, -0.2) is 25.8 Å². The lowest BCUT2D eigenvalue weighted by atomic mass is 9.93. The molecule has 1 atom stereocenters. The Kier molecular flexibility index (Phi) is 4.16. The van der Waals surface area contributed by atoms with Gasteiger partial charge in [-0.05, 0) is 24.6 Å². The van der Waals surface area contributed by atoms with Gasteiger partial charge < -0.3 is 14.2 Å². The zero-order valence-electron chi connectivity index (χ0n) is 12.4. The van der Waals surface area contributed by atoms with E-state index in [9.17, 15) is 15.3 Å². The SMILES string of the molecule is COC(=O)C1=C(C)C(C#N)(C#N)OC1c1ccc(OC)cc1. The van der Waals surface area contributed by atoms with Crippen LogP contribution in [0.4, 0.5) is 0 Å². The van der Waals surface area contributed by atoms with Crippen LogP contribution in [-0.2, 0) is 14.3 Å². The second-order valence-electron chi connectivity index (χ2n) is 4.71. The fourth-order valence-electron chi connectivity index (χ4n) is 2.34. The van der Waals surface area contributed by atoms with E-state index in [1.807, 2.05) is 12.1 Å². The minimum Gasteiger partial charge on any atom is -0.497 e. The van der Waals surface area contributed by atoms with Crippen LogP contribution in [0, 0.1) is 22.7 Å². The van der Waals surface area contributed by atoms with Gasteiger partial charge in [0, 0.05) is 5.57 Å². The van der Waals surface area contributed by atoms with Crippen molar-refractivity contribution in [1.82, 2.24) is 0 Å². The second kappa shape index (κ2) is 5.88. The molecule has 6 heteroatoms. The van der Waals surface area contributed by atoms with Gasteiger partial charge in [0.25, 0.3) is 5.60 Å². The van der Waals surface area contributed by atoms with Crippen molar-refractivity contribution < 1.29 is 19.0 Å². The van der Waals surface area contributed by atoms with Crippen LogP contribution in [0.3, 0.4) is 0 Å². The molecule has 0 spiro atoms. The fraction of sp³-hybridized carbons (Fsp3) is 0.312. The number of ether oxygens (including phenoxy) is 3. The maximum absolute atomic E-state index is 12.0. The van der Waals surface area contributed by atoms with Crippen LogP contribution in [0.25, 0.3) is 0 Å². The summed E-state index contributed by atoms with van der Waals surface area (Å²) in [4.78, 5) is 12.0. The molecule has 112 valence electrons. The van der Waals surface area contributed by atoms with Gasteiger partial charge in [-0.3, -0.25) is 0 Å². The van der Waals surface area contributed by atoms with Gasteiger partial charge in [-0.2, -0.15) is 10.5 Å². The molecule has 1 aliphatic heterocycles. The Balaban J connectivity index is 2.54. The lowest BCUT2D eigenvalue weighted by Crippen LogP contribution is -2.26. The highest BCUT2D eigenvalue weighted by atomic mass is 16.5. The molecular formula is C16H14N2O4. The fourth-order valence-corrected chi connectivity index (χ4v) is 2.34. The van der Waals surface area contributed by atoms with E-state index < -0.39 is 17.7 Å². The summed E-state index contributed by atoms with van der Waals surface area (Å²) in [7, 11) is 2.79. The van der Waals surface area contributed by atoms with Crippen LogP contribution in [0.1, 0.15) is 18.6 Å². The maximum Gasteiger partial charge on any atom is 0.336 e. The van der Waals surface area contributed by atoms with E-state index in [1.165, 1.54) is 14.0 Å². The first kappa shape index (κ1) is 15.6. The van der Waals surface area contributed by atoms with Crippen LogP contribution >= 0.6 is 0 Å². The summed E-state index contributed by atoms with van der Waals surface area (Å²) in [6, 6.07) is 10.5. The Morgan fingerprint density at radius 2 is 1.82 bits per heavy atom. The highest BCUT2D eigenvalue weighted by Gasteiger charge is 2.49. The van der Waals surface area contributed by atoms with E-state index in [1.54, 1.807) is 31.4 Å². The average molecular weight is 298 g/mol. The first-order chi connectivity index (χ1) is 10.5. The monoisotopic (exact) mass is 298 g/mol. The van der Waals surface area contributed by atoms with Crippen LogP contribution in [0.5, 0.6) is 5.75 Å². The molecule has 0 aliphatic carbocycles. The van der Waals surface area contributed by atoms with E-state index >= 15 is 0 Å². The normalized spacial score (nSPS) is 19.2. The predicted octanol–water partition coefficient (Wildman–Crippen LogP) is 2.04. The summed E-state index contributed by atoms with van der Waals surface area (Å²) in [5.41, 5.74) is -0.720. The molecule has 1 unspecified atom stereocenters. The van der Waals surface area contributed by atoms with Crippen LogP contribution < -0.4 is 4.74 Å². The van der Waals surface area contributed by atoms with E-state index in [-0.39, 0.29) is 11.1 Å². The molecule has 22 heavy (non-hydrogen) atoms. The standard InChI is InChI=1S/C16H14N2O4/c1-10-13(15(19)21-3)14(22-16(10,8-17)9-18)11-4-6-12(20-2)7-5-11/h4-7,14H,1-3H3. The number of benzene rings is 1. The molecule has 0 N–H and O–H groups in total. The lowest BCUT2D eigenvalue weighted by Gasteiger charge is -2.17. The van der Waals surface area contributed by atoms with E-state index in [0.29, 0.717) is 11.3 Å². The first-order valence-corrected chi connectivity index (χ1v) is 6.46. The van der Waals surface area contributed by atoms with Crippen molar-refractivity contribution in [3.63, 3.8) is 0 Å². The molecule has 1 aliphatic rings. The Morgan fingerprint density at radius 1 is 1.23 bits per heavy atom. The number of carbonyl (C=O) groups is 1. The van der Waals surface area contributed by atoms with Crippen molar-refractivity contribution in [1.29, 1.82) is 10.5 Å². The number of nitriles is 2. The molecule has 1 aromatic carbocycles. The van der Waals surface area contributed by atoms with Crippen molar-refractivity contribution >= 4 is 5.97 Å². The molecule has 6 nitrogen and oxygen atoms in total. The number of rotatable bonds is 3. The molecule has 0 fully saturated rings. The number of hydrogen-bond acceptors (Lipinski definition) is 6. The second-order valence-corrected chi connectivity index (χ2v) is 4.71. The molecular weight excluding hydrogens is 284 g/mol. The maximum atomic E-state index is 12.0. The Bertz CT molecular complexity index is 693. The third-order valence-electron chi connectivity index (χ3n) is 3.63. The molecule has 2 rings (SSSR count). The van der Waals surface area contributed by atoms with Gasteiger partial charge >= 0.3 is 5.97 Å². The number of methoxy groups -OCH3 is 2. The van der Waals surface area contributed by atoms with Crippen LogP contribution in [0.15, 0.2) is 35.4 Å². The summed E-state index contributed by atoms with van der Waals surface area (Å²) in [6.07, 6.45) is -0.836. The van der Waals surface area contributed by atoms with Gasteiger partial charge in [0.2, 0.25) is 0 Å². The largest absolute Gasteiger partial charge is 0.497 e. The molecule has 0 aromatic heterocycles. The van der Waals surface area contributed by atoms with Crippen LogP contribution in [0.2, 0.25) is 0 Å². The van der Waals surface area contributed by atoms with E-state index in [2.05, 4.69) is 0 Å². The van der Waals surface area contributed by atoms with Gasteiger partial charge in [-0.25, -0.2) is 4.79 Å². The summed E-state index contributed by atoms with van der Waals surface area (Å²) < 4.78 is 15.5. The Labute approximate surface area is 128 Å². The van der Waals surface area contributed by atoms with Gasteiger partial charge in [0.1, 0.15) is 24.0 Å². The summed E-state index contributed by atoms with van der Waals surface area (Å²) >= 11 is 0. The van der Waals surface area contributed by atoms with Crippen molar-refractivity contribution in [2.24, 2.45) is 0 Å². The predicted molar refractivity (Wildman–Crippen MR) is 75.5 cm³/mol. The highest BCUT2D eigenvalue weighted by Crippen LogP contribution is 2.44. The molecule has 1 aromatic rings. The third-order valence-corrected chi connectivity index (χ3v) is 3.63. The number of nitrogens with zero attached hydrogens (tertiary/aromatic N) is 2. The number of esters is 1. The van der Waals surface area contributed by atoms with Crippen molar-refractivity contribution in [3.8, 4) is 17.9 Å². The van der Waals surface area contributed by atoms with Gasteiger partial charge in [-0.15, -0.1) is 0 Å². The number of hydrogen-bond donors (Lipinski definition) is 0. The topological polar surface area (TPSA) is 92.3 Å². The molecule has 0 amide bonds. The number of carbonyl (C=O) groups excluding carboxylic acids is 1. The third kappa shape index (κ3) is 2.30. The van der Waals surface area contributed by atoms with Gasteiger partial charge in [0.15, 0.2) is 0 Å². The minimum absolute atomic E-state index is 0.177. The molecule has 0 saturated heterocycles. The summed E-state index contributed by atoms with van der Waals surface area (Å²) in [5.74, 6) is 0.0274. The Morgan fingerprint density at radius 3 is 2.27 bits per heavy atom. The molecule has 0 saturated carbocycles. The zero-order chi connectivity index (χ0) is 16.3. The van der Waals surface area contributed by atoms with Crippen molar-refractivity contribution in [2.75, 3.05) is 14.2 Å². The smallest absolute Gasteiger partial charge is 0.336 e. The Hall–Kier alpha value is -2.83. The quantitative estimate of drug-likeness (QED) is 0.793. The molecule has 1 heterocycles. The zero-order valence-corrected chi connectivity index (χ0v) is 12.4. The lowest BCUT2D eigenvalue weighted by molar-refractivity contribution is -0.137. The molecule has 0 bridgehead atoms. The van der Waals surface area contributed by atoms with E-state index in [0.717, 1.165) is 0 Å². The van der Waals surface area contributed by atoms with Gasteiger partial charge in [-0.1, -0.05) is 12.1 Å². The van der Waals surface area contributed by atoms with Gasteiger partial charge in [0.05, 0.1) is 19.8 Å². The molecule has 0 radical (unpaired) electrons.